The Kier molecular flexibility index (Phi) is 4.61. The van der Waals surface area contributed by atoms with Gasteiger partial charge in [-0.25, -0.2) is 0 Å². The maximum Gasteiger partial charge on any atom is 0.120 e. The van der Waals surface area contributed by atoms with E-state index in [1.807, 2.05) is 12.1 Å². The van der Waals surface area contributed by atoms with E-state index in [9.17, 15) is 0 Å². The molecule has 0 atom stereocenters. The minimum absolute atomic E-state index is 0.615. The zero-order chi connectivity index (χ0) is 14.7. The van der Waals surface area contributed by atoms with Gasteiger partial charge in [0.2, 0.25) is 0 Å². The van der Waals surface area contributed by atoms with Gasteiger partial charge in [0.25, 0.3) is 0 Å². The topological polar surface area (TPSA) is 21.3 Å². The van der Waals surface area contributed by atoms with Crippen molar-refractivity contribution in [3.8, 4) is 5.75 Å². The van der Waals surface area contributed by atoms with E-state index in [4.69, 9.17) is 4.74 Å². The van der Waals surface area contributed by atoms with Crippen molar-refractivity contribution in [3.63, 3.8) is 0 Å². The number of nitrogens with one attached hydrogen (secondary N) is 1. The Hall–Kier alpha value is -1.32. The third-order valence-electron chi connectivity index (χ3n) is 3.80. The lowest BCUT2D eigenvalue weighted by molar-refractivity contribution is 0.304. The molecule has 0 heterocycles. The van der Waals surface area contributed by atoms with Gasteiger partial charge in [-0.2, -0.15) is 0 Å². The Morgan fingerprint density at radius 1 is 1.14 bits per heavy atom. The lowest BCUT2D eigenvalue weighted by Crippen LogP contribution is -2.16. The second-order valence-corrected chi connectivity index (χ2v) is 6.48. The van der Waals surface area contributed by atoms with Crippen LogP contribution < -0.4 is 10.1 Å². The first-order valence-electron chi connectivity index (χ1n) is 7.41. The van der Waals surface area contributed by atoms with E-state index in [1.165, 1.54) is 29.5 Å². The zero-order valence-electron chi connectivity index (χ0n) is 12.2. The lowest BCUT2D eigenvalue weighted by Gasteiger charge is -2.12. The smallest absolute Gasteiger partial charge is 0.120 e. The zero-order valence-corrected chi connectivity index (χ0v) is 13.8. The summed E-state index contributed by atoms with van der Waals surface area (Å²) >= 11 is 3.51. The highest BCUT2D eigenvalue weighted by atomic mass is 79.9. The van der Waals surface area contributed by atoms with E-state index >= 15 is 0 Å². The number of hydrogen-bond donors (Lipinski definition) is 1. The van der Waals surface area contributed by atoms with Crippen molar-refractivity contribution in [3.05, 3.63) is 63.6 Å². The first-order chi connectivity index (χ1) is 10.2. The summed E-state index contributed by atoms with van der Waals surface area (Å²) in [5.74, 6) is 0.917. The van der Waals surface area contributed by atoms with Crippen LogP contribution in [0.2, 0.25) is 0 Å². The van der Waals surface area contributed by atoms with Crippen LogP contribution in [0.1, 0.15) is 29.5 Å². The van der Waals surface area contributed by atoms with Gasteiger partial charge in [-0.05, 0) is 54.7 Å². The molecular formula is C18H20BrNO. The van der Waals surface area contributed by atoms with Crippen molar-refractivity contribution in [1.82, 2.24) is 5.32 Å². The van der Waals surface area contributed by atoms with Gasteiger partial charge in [-0.15, -0.1) is 0 Å². The first kappa shape index (κ1) is 14.6. The number of rotatable bonds is 6. The van der Waals surface area contributed by atoms with Crippen molar-refractivity contribution in [1.29, 1.82) is 0 Å². The van der Waals surface area contributed by atoms with E-state index in [0.717, 1.165) is 22.8 Å². The highest BCUT2D eigenvalue weighted by molar-refractivity contribution is 9.10. The number of hydrogen-bond acceptors (Lipinski definition) is 2. The first-order valence-corrected chi connectivity index (χ1v) is 8.21. The average molecular weight is 346 g/mol. The van der Waals surface area contributed by atoms with Gasteiger partial charge in [0.1, 0.15) is 12.4 Å². The number of benzene rings is 2. The van der Waals surface area contributed by atoms with Gasteiger partial charge in [0.15, 0.2) is 0 Å². The molecule has 1 N–H and O–H groups in total. The molecule has 3 heteroatoms. The van der Waals surface area contributed by atoms with E-state index < -0.39 is 0 Å². The third kappa shape index (κ3) is 4.08. The Morgan fingerprint density at radius 3 is 2.62 bits per heavy atom. The van der Waals surface area contributed by atoms with Gasteiger partial charge < -0.3 is 10.1 Å². The largest absolute Gasteiger partial charge is 0.489 e. The molecule has 2 nitrogen and oxygen atoms in total. The van der Waals surface area contributed by atoms with Crippen LogP contribution in [0.4, 0.5) is 0 Å². The molecule has 3 rings (SSSR count). The second-order valence-electron chi connectivity index (χ2n) is 5.62. The molecule has 2 aromatic carbocycles. The fourth-order valence-electron chi connectivity index (χ4n) is 2.28. The van der Waals surface area contributed by atoms with Crippen LogP contribution in [0.15, 0.2) is 46.9 Å². The molecule has 0 bridgehead atoms. The molecule has 1 saturated carbocycles. The fraction of sp³-hybridized carbons (Fsp3) is 0.333. The van der Waals surface area contributed by atoms with Crippen molar-refractivity contribution >= 4 is 15.9 Å². The van der Waals surface area contributed by atoms with Gasteiger partial charge in [0, 0.05) is 17.1 Å². The summed E-state index contributed by atoms with van der Waals surface area (Å²) in [6, 6.07) is 15.3. The maximum atomic E-state index is 5.94. The van der Waals surface area contributed by atoms with E-state index in [1.54, 1.807) is 0 Å². The lowest BCUT2D eigenvalue weighted by atomic mass is 10.1. The molecule has 0 aromatic heterocycles. The van der Waals surface area contributed by atoms with Gasteiger partial charge in [-0.1, -0.05) is 40.2 Å². The highest BCUT2D eigenvalue weighted by Crippen LogP contribution is 2.23. The normalized spacial score (nSPS) is 14.2. The van der Waals surface area contributed by atoms with Crippen LogP contribution in [-0.4, -0.2) is 6.04 Å². The molecule has 0 unspecified atom stereocenters. The molecule has 110 valence electrons. The fourth-order valence-corrected chi connectivity index (χ4v) is 2.53. The summed E-state index contributed by atoms with van der Waals surface area (Å²) in [7, 11) is 0. The predicted octanol–water partition coefficient (Wildman–Crippen LogP) is 4.59. The quantitative estimate of drug-likeness (QED) is 0.826. The van der Waals surface area contributed by atoms with Crippen LogP contribution in [0.25, 0.3) is 0 Å². The Labute approximate surface area is 134 Å². The van der Waals surface area contributed by atoms with Gasteiger partial charge >= 0.3 is 0 Å². The van der Waals surface area contributed by atoms with Crippen LogP contribution in [0.5, 0.6) is 5.75 Å². The second kappa shape index (κ2) is 6.63. The minimum Gasteiger partial charge on any atom is -0.489 e. The SMILES string of the molecule is Cc1cc(OCc2ccccc2CNC2CC2)ccc1Br. The van der Waals surface area contributed by atoms with Crippen LogP contribution in [0.3, 0.4) is 0 Å². The third-order valence-corrected chi connectivity index (χ3v) is 4.69. The van der Waals surface area contributed by atoms with E-state index in [2.05, 4.69) is 58.5 Å². The predicted molar refractivity (Wildman–Crippen MR) is 89.5 cm³/mol. The molecule has 21 heavy (non-hydrogen) atoms. The average Bonchev–Trinajstić information content (AvgIpc) is 3.31. The van der Waals surface area contributed by atoms with Crippen molar-refractivity contribution in [2.24, 2.45) is 0 Å². The Balaban J connectivity index is 1.64. The van der Waals surface area contributed by atoms with Crippen LogP contribution in [-0.2, 0) is 13.2 Å². The summed E-state index contributed by atoms with van der Waals surface area (Å²) in [6.07, 6.45) is 2.63. The highest BCUT2D eigenvalue weighted by Gasteiger charge is 2.20. The van der Waals surface area contributed by atoms with Crippen molar-refractivity contribution in [2.75, 3.05) is 0 Å². The molecule has 0 radical (unpaired) electrons. The molecule has 0 saturated heterocycles. The van der Waals surface area contributed by atoms with E-state index in [-0.39, 0.29) is 0 Å². The Bertz CT molecular complexity index is 622. The molecule has 0 amide bonds. The number of aryl methyl sites for hydroxylation is 1. The minimum atomic E-state index is 0.615. The number of ether oxygens (including phenoxy) is 1. The molecular weight excluding hydrogens is 326 g/mol. The van der Waals surface area contributed by atoms with Crippen molar-refractivity contribution in [2.45, 2.75) is 39.0 Å². The van der Waals surface area contributed by atoms with Gasteiger partial charge in [-0.3, -0.25) is 0 Å². The van der Waals surface area contributed by atoms with E-state index in [0.29, 0.717) is 6.61 Å². The summed E-state index contributed by atoms with van der Waals surface area (Å²) < 4.78 is 7.06. The molecule has 0 aliphatic heterocycles. The molecule has 1 fully saturated rings. The molecule has 1 aliphatic rings. The standard InChI is InChI=1S/C18H20BrNO/c1-13-10-17(8-9-18(13)19)21-12-15-5-3-2-4-14(15)11-20-16-6-7-16/h2-5,8-10,16,20H,6-7,11-12H2,1H3. The number of halogens is 1. The monoisotopic (exact) mass is 345 g/mol. The Morgan fingerprint density at radius 2 is 1.90 bits per heavy atom. The van der Waals surface area contributed by atoms with Crippen LogP contribution in [0, 0.1) is 6.92 Å². The molecule has 0 spiro atoms. The maximum absolute atomic E-state index is 5.94. The molecule has 1 aliphatic carbocycles. The summed E-state index contributed by atoms with van der Waals surface area (Å²) in [6.45, 7) is 3.62. The van der Waals surface area contributed by atoms with Crippen LogP contribution >= 0.6 is 15.9 Å². The van der Waals surface area contributed by atoms with Gasteiger partial charge in [0.05, 0.1) is 0 Å². The molecule has 2 aromatic rings. The van der Waals surface area contributed by atoms with Crippen molar-refractivity contribution < 1.29 is 4.74 Å². The summed E-state index contributed by atoms with van der Waals surface area (Å²) in [5.41, 5.74) is 3.78. The summed E-state index contributed by atoms with van der Waals surface area (Å²) in [5, 5.41) is 3.57. The summed E-state index contributed by atoms with van der Waals surface area (Å²) in [4.78, 5) is 0.